The van der Waals surface area contributed by atoms with Crippen molar-refractivity contribution in [3.05, 3.63) is 70.9 Å². The number of carbonyl (C=O) groups is 1. The summed E-state index contributed by atoms with van der Waals surface area (Å²) in [6, 6.07) is 16.5. The summed E-state index contributed by atoms with van der Waals surface area (Å²) in [6.45, 7) is 2.12. The van der Waals surface area contributed by atoms with Crippen molar-refractivity contribution >= 4 is 16.9 Å². The fraction of sp³-hybridized carbons (Fsp3) is 0.250. The first-order valence-corrected chi connectivity index (χ1v) is 8.27. The SMILES string of the molecule is COC(=O)[C@@H]1Cc2c([nH]c3ccccc23)[C@@H](c2ccccc2C)[NH2+]1. The Morgan fingerprint density at radius 2 is 1.92 bits per heavy atom. The number of nitrogens with two attached hydrogens (primary N) is 1. The summed E-state index contributed by atoms with van der Waals surface area (Å²) in [6.07, 6.45) is 0.689. The van der Waals surface area contributed by atoms with Crippen molar-refractivity contribution in [3.63, 3.8) is 0 Å². The number of aromatic nitrogens is 1. The van der Waals surface area contributed by atoms with E-state index in [9.17, 15) is 4.79 Å². The molecule has 2 heterocycles. The highest BCUT2D eigenvalue weighted by Crippen LogP contribution is 2.32. The van der Waals surface area contributed by atoms with E-state index < -0.39 is 0 Å². The number of benzene rings is 2. The molecule has 0 bridgehead atoms. The monoisotopic (exact) mass is 321 g/mol. The molecular weight excluding hydrogens is 300 g/mol. The zero-order valence-electron chi connectivity index (χ0n) is 13.9. The van der Waals surface area contributed by atoms with Crippen LogP contribution in [0.4, 0.5) is 0 Å². The van der Waals surface area contributed by atoms with Gasteiger partial charge in [-0.25, -0.2) is 4.79 Å². The summed E-state index contributed by atoms with van der Waals surface area (Å²) in [5, 5.41) is 3.33. The number of hydrogen-bond acceptors (Lipinski definition) is 2. The predicted molar refractivity (Wildman–Crippen MR) is 92.8 cm³/mol. The van der Waals surface area contributed by atoms with Gasteiger partial charge in [-0.3, -0.25) is 0 Å². The number of hydrogen-bond donors (Lipinski definition) is 2. The number of para-hydroxylation sites is 1. The molecular formula is C20H21N2O2+. The van der Waals surface area contributed by atoms with Gasteiger partial charge in [-0.2, -0.15) is 0 Å². The highest BCUT2D eigenvalue weighted by atomic mass is 16.5. The van der Waals surface area contributed by atoms with Crippen LogP contribution in [0.2, 0.25) is 0 Å². The van der Waals surface area contributed by atoms with Crippen molar-refractivity contribution in [1.29, 1.82) is 0 Å². The minimum Gasteiger partial charge on any atom is -0.465 e. The largest absolute Gasteiger partial charge is 0.465 e. The minimum absolute atomic E-state index is 0.0754. The predicted octanol–water partition coefficient (Wildman–Crippen LogP) is 2.23. The average Bonchev–Trinajstić information content (AvgIpc) is 2.99. The maximum Gasteiger partial charge on any atom is 0.364 e. The van der Waals surface area contributed by atoms with E-state index in [-0.39, 0.29) is 18.1 Å². The normalized spacial score (nSPS) is 19.9. The molecule has 4 nitrogen and oxygen atoms in total. The molecule has 24 heavy (non-hydrogen) atoms. The van der Waals surface area contributed by atoms with Gasteiger partial charge in [-0.15, -0.1) is 0 Å². The molecule has 0 saturated heterocycles. The summed E-state index contributed by atoms with van der Waals surface area (Å²) in [4.78, 5) is 15.8. The van der Waals surface area contributed by atoms with E-state index in [4.69, 9.17) is 4.74 Å². The van der Waals surface area contributed by atoms with Crippen LogP contribution in [-0.2, 0) is 16.0 Å². The Hall–Kier alpha value is -2.59. The van der Waals surface area contributed by atoms with Crippen LogP contribution in [0, 0.1) is 6.92 Å². The summed E-state index contributed by atoms with van der Waals surface area (Å²) >= 11 is 0. The summed E-state index contributed by atoms with van der Waals surface area (Å²) in [5.74, 6) is -0.162. The number of aryl methyl sites for hydroxylation is 1. The van der Waals surface area contributed by atoms with E-state index in [1.165, 1.54) is 34.9 Å². The van der Waals surface area contributed by atoms with Gasteiger partial charge in [-0.05, 0) is 24.1 Å². The second-order valence-corrected chi connectivity index (χ2v) is 6.42. The standard InChI is InChI=1S/C20H20N2O2/c1-12-7-3-4-8-13(12)18-19-15(11-17(22-18)20(23)24-2)14-9-5-6-10-16(14)21-19/h3-10,17-18,21-22H,11H2,1-2H3/p+1/t17-,18+/m0/s1. The molecule has 2 atom stereocenters. The smallest absolute Gasteiger partial charge is 0.364 e. The van der Waals surface area contributed by atoms with E-state index in [0.29, 0.717) is 6.42 Å². The highest BCUT2D eigenvalue weighted by molar-refractivity contribution is 5.86. The lowest BCUT2D eigenvalue weighted by Crippen LogP contribution is -2.94. The number of aromatic amines is 1. The van der Waals surface area contributed by atoms with E-state index >= 15 is 0 Å². The van der Waals surface area contributed by atoms with E-state index in [1.807, 2.05) is 18.2 Å². The quantitative estimate of drug-likeness (QED) is 0.711. The van der Waals surface area contributed by atoms with Crippen molar-refractivity contribution in [1.82, 2.24) is 4.98 Å². The van der Waals surface area contributed by atoms with E-state index in [2.05, 4.69) is 47.6 Å². The number of esters is 1. The van der Waals surface area contributed by atoms with Crippen LogP contribution < -0.4 is 5.32 Å². The summed E-state index contributed by atoms with van der Waals surface area (Å²) in [7, 11) is 1.46. The Labute approximate surface area is 140 Å². The molecule has 3 aromatic rings. The number of methoxy groups -OCH3 is 1. The fourth-order valence-corrected chi connectivity index (χ4v) is 3.83. The molecule has 1 aromatic heterocycles. The third-order valence-electron chi connectivity index (χ3n) is 5.03. The van der Waals surface area contributed by atoms with Gasteiger partial charge in [0.05, 0.1) is 12.8 Å². The molecule has 2 aromatic carbocycles. The summed E-state index contributed by atoms with van der Waals surface area (Å²) < 4.78 is 5.03. The van der Waals surface area contributed by atoms with Gasteiger partial charge in [0.15, 0.2) is 12.1 Å². The summed E-state index contributed by atoms with van der Waals surface area (Å²) in [5.41, 5.74) is 6.02. The van der Waals surface area contributed by atoms with Crippen LogP contribution in [0.3, 0.4) is 0 Å². The number of rotatable bonds is 2. The van der Waals surface area contributed by atoms with E-state index in [1.54, 1.807) is 0 Å². The van der Waals surface area contributed by atoms with Crippen LogP contribution in [0.25, 0.3) is 10.9 Å². The number of H-pyrrole nitrogens is 1. The Morgan fingerprint density at radius 3 is 2.71 bits per heavy atom. The first-order valence-electron chi connectivity index (χ1n) is 8.27. The molecule has 3 N–H and O–H groups in total. The number of nitrogens with one attached hydrogen (secondary N) is 1. The van der Waals surface area contributed by atoms with Crippen molar-refractivity contribution in [2.45, 2.75) is 25.4 Å². The van der Waals surface area contributed by atoms with Gasteiger partial charge in [0.1, 0.15) is 0 Å². The molecule has 0 saturated carbocycles. The number of quaternary nitrogens is 1. The molecule has 1 aliphatic heterocycles. The van der Waals surface area contributed by atoms with Gasteiger partial charge in [0, 0.05) is 22.9 Å². The average molecular weight is 321 g/mol. The van der Waals surface area contributed by atoms with Crippen molar-refractivity contribution in [2.75, 3.05) is 7.11 Å². The molecule has 4 rings (SSSR count). The van der Waals surface area contributed by atoms with Gasteiger partial charge >= 0.3 is 5.97 Å². The number of ether oxygens (including phenoxy) is 1. The highest BCUT2D eigenvalue weighted by Gasteiger charge is 2.38. The van der Waals surface area contributed by atoms with Crippen LogP contribution in [-0.4, -0.2) is 24.1 Å². The number of carbonyl (C=O) groups excluding carboxylic acids is 1. The molecule has 0 radical (unpaired) electrons. The second-order valence-electron chi connectivity index (χ2n) is 6.42. The molecule has 0 fully saturated rings. The molecule has 0 amide bonds. The third-order valence-corrected chi connectivity index (χ3v) is 5.03. The van der Waals surface area contributed by atoms with Crippen LogP contribution in [0.1, 0.15) is 28.4 Å². The maximum atomic E-state index is 12.2. The maximum absolute atomic E-state index is 12.2. The lowest BCUT2D eigenvalue weighted by Gasteiger charge is -2.27. The van der Waals surface area contributed by atoms with Gasteiger partial charge in [0.2, 0.25) is 0 Å². The zero-order chi connectivity index (χ0) is 16.7. The molecule has 0 aliphatic carbocycles. The molecule has 0 spiro atoms. The van der Waals surface area contributed by atoms with E-state index in [0.717, 1.165) is 5.52 Å². The van der Waals surface area contributed by atoms with Crippen molar-refractivity contribution in [2.24, 2.45) is 0 Å². The third kappa shape index (κ3) is 2.31. The topological polar surface area (TPSA) is 58.7 Å². The minimum atomic E-state index is -0.216. The van der Waals surface area contributed by atoms with Crippen molar-refractivity contribution < 1.29 is 14.8 Å². The Bertz CT molecular complexity index is 913. The van der Waals surface area contributed by atoms with Gasteiger partial charge in [0.25, 0.3) is 0 Å². The Kier molecular flexibility index (Phi) is 3.62. The fourth-order valence-electron chi connectivity index (χ4n) is 3.83. The number of fused-ring (bicyclic) bond motifs is 3. The zero-order valence-corrected chi connectivity index (χ0v) is 13.9. The molecule has 122 valence electrons. The first kappa shape index (κ1) is 15.0. The second kappa shape index (κ2) is 5.80. The molecule has 4 heteroatoms. The van der Waals surface area contributed by atoms with Crippen molar-refractivity contribution in [3.8, 4) is 0 Å². The molecule has 1 aliphatic rings. The van der Waals surface area contributed by atoms with Crippen LogP contribution in [0.15, 0.2) is 48.5 Å². The Balaban J connectivity index is 1.90. The molecule has 0 unspecified atom stereocenters. The van der Waals surface area contributed by atoms with Crippen LogP contribution >= 0.6 is 0 Å². The van der Waals surface area contributed by atoms with Crippen LogP contribution in [0.5, 0.6) is 0 Å². The van der Waals surface area contributed by atoms with Gasteiger partial charge < -0.3 is 15.0 Å². The Morgan fingerprint density at radius 1 is 1.17 bits per heavy atom. The van der Waals surface area contributed by atoms with Gasteiger partial charge in [-0.1, -0.05) is 42.5 Å². The lowest BCUT2D eigenvalue weighted by molar-refractivity contribution is -0.712. The first-order chi connectivity index (χ1) is 11.7. The lowest BCUT2D eigenvalue weighted by atomic mass is 9.88.